The maximum Gasteiger partial charge on any atom is 0.268 e. The molecule has 1 amide bonds. The fraction of sp³-hybridized carbons (Fsp3) is 0.381. The highest BCUT2D eigenvalue weighted by molar-refractivity contribution is 6.09. The third-order valence-corrected chi connectivity index (χ3v) is 5.47. The molecule has 0 aromatic heterocycles. The summed E-state index contributed by atoms with van der Waals surface area (Å²) in [7, 11) is 0. The molecule has 4 rings (SSSR count). The molecule has 0 spiro atoms. The molecule has 2 aromatic carbocycles. The van der Waals surface area contributed by atoms with Crippen molar-refractivity contribution in [1.29, 1.82) is 0 Å². The standard InChI is InChI=1S/C21H23NO4/c1-3-14(2)10-11-22-17-7-5-4-6-16(17)21(24,20(22)23)15-8-9-18-19(12-15)26-13-25-18/h4-9,12,14,24H,3,10-11,13H2,1-2H3. The maximum absolute atomic E-state index is 13.3. The van der Waals surface area contributed by atoms with Crippen LogP contribution in [0.25, 0.3) is 0 Å². The minimum Gasteiger partial charge on any atom is -0.454 e. The summed E-state index contributed by atoms with van der Waals surface area (Å²) in [4.78, 5) is 15.0. The molecule has 0 aliphatic carbocycles. The first-order valence-electron chi connectivity index (χ1n) is 9.09. The molecule has 2 aliphatic rings. The Morgan fingerprint density at radius 1 is 1.19 bits per heavy atom. The van der Waals surface area contributed by atoms with Gasteiger partial charge in [-0.15, -0.1) is 0 Å². The summed E-state index contributed by atoms with van der Waals surface area (Å²) in [5, 5.41) is 11.5. The molecule has 0 saturated heterocycles. The number of carbonyl (C=O) groups is 1. The number of hydrogen-bond donors (Lipinski definition) is 1. The number of aliphatic hydroxyl groups is 1. The Balaban J connectivity index is 1.75. The zero-order chi connectivity index (χ0) is 18.3. The highest BCUT2D eigenvalue weighted by Gasteiger charge is 2.51. The fourth-order valence-corrected chi connectivity index (χ4v) is 3.61. The molecular formula is C21H23NO4. The van der Waals surface area contributed by atoms with E-state index in [1.807, 2.05) is 24.3 Å². The molecular weight excluding hydrogens is 330 g/mol. The van der Waals surface area contributed by atoms with E-state index in [9.17, 15) is 9.90 Å². The molecule has 26 heavy (non-hydrogen) atoms. The molecule has 2 unspecified atom stereocenters. The molecule has 0 fully saturated rings. The lowest BCUT2D eigenvalue weighted by Gasteiger charge is -2.24. The van der Waals surface area contributed by atoms with E-state index in [1.165, 1.54) is 0 Å². The molecule has 5 heteroatoms. The summed E-state index contributed by atoms with van der Waals surface area (Å²) >= 11 is 0. The number of hydrogen-bond acceptors (Lipinski definition) is 4. The van der Waals surface area contributed by atoms with Crippen LogP contribution in [0.1, 0.15) is 37.8 Å². The lowest BCUT2D eigenvalue weighted by Crippen LogP contribution is -2.41. The zero-order valence-corrected chi connectivity index (χ0v) is 15.1. The summed E-state index contributed by atoms with van der Waals surface area (Å²) in [6.45, 7) is 5.07. The van der Waals surface area contributed by atoms with Crippen LogP contribution in [-0.2, 0) is 10.4 Å². The van der Waals surface area contributed by atoms with E-state index in [4.69, 9.17) is 9.47 Å². The normalized spacial score (nSPS) is 21.8. The van der Waals surface area contributed by atoms with Gasteiger partial charge in [-0.2, -0.15) is 0 Å². The largest absolute Gasteiger partial charge is 0.454 e. The molecule has 0 radical (unpaired) electrons. The molecule has 0 saturated carbocycles. The number of fused-ring (bicyclic) bond motifs is 2. The Labute approximate surface area is 153 Å². The van der Waals surface area contributed by atoms with Gasteiger partial charge in [0.05, 0.1) is 5.69 Å². The Bertz CT molecular complexity index is 850. The Morgan fingerprint density at radius 2 is 1.96 bits per heavy atom. The SMILES string of the molecule is CCC(C)CCN1C(=O)C(O)(c2ccc3c(c2)OCO3)c2ccccc21. The molecule has 2 aliphatic heterocycles. The maximum atomic E-state index is 13.3. The second kappa shape index (κ2) is 6.32. The van der Waals surface area contributed by atoms with Crippen LogP contribution in [0, 0.1) is 5.92 Å². The van der Waals surface area contributed by atoms with E-state index in [1.54, 1.807) is 23.1 Å². The highest BCUT2D eigenvalue weighted by atomic mass is 16.7. The Hall–Kier alpha value is -2.53. The van der Waals surface area contributed by atoms with E-state index in [0.717, 1.165) is 18.5 Å². The lowest BCUT2D eigenvalue weighted by molar-refractivity contribution is -0.132. The first-order chi connectivity index (χ1) is 12.6. The van der Waals surface area contributed by atoms with Crippen LogP contribution < -0.4 is 14.4 Å². The van der Waals surface area contributed by atoms with Crippen LogP contribution in [0.5, 0.6) is 11.5 Å². The van der Waals surface area contributed by atoms with E-state index >= 15 is 0 Å². The third kappa shape index (κ3) is 2.46. The third-order valence-electron chi connectivity index (χ3n) is 5.47. The van der Waals surface area contributed by atoms with Crippen LogP contribution in [0.2, 0.25) is 0 Å². The first-order valence-corrected chi connectivity index (χ1v) is 9.09. The summed E-state index contributed by atoms with van der Waals surface area (Å²) < 4.78 is 10.8. The van der Waals surface area contributed by atoms with Crippen molar-refractivity contribution in [2.24, 2.45) is 5.92 Å². The van der Waals surface area contributed by atoms with Crippen molar-refractivity contribution in [3.63, 3.8) is 0 Å². The van der Waals surface area contributed by atoms with Gasteiger partial charge in [0.2, 0.25) is 6.79 Å². The van der Waals surface area contributed by atoms with Gasteiger partial charge in [-0.1, -0.05) is 44.5 Å². The van der Waals surface area contributed by atoms with Gasteiger partial charge in [-0.3, -0.25) is 4.79 Å². The van der Waals surface area contributed by atoms with Crippen molar-refractivity contribution in [1.82, 2.24) is 0 Å². The number of carbonyl (C=O) groups excluding carboxylic acids is 1. The number of nitrogens with zero attached hydrogens (tertiary/aromatic N) is 1. The lowest BCUT2D eigenvalue weighted by atomic mass is 9.87. The number of ether oxygens (including phenoxy) is 2. The smallest absolute Gasteiger partial charge is 0.268 e. The average molecular weight is 353 g/mol. The topological polar surface area (TPSA) is 59.0 Å². The zero-order valence-electron chi connectivity index (χ0n) is 15.1. The summed E-state index contributed by atoms with van der Waals surface area (Å²) in [6, 6.07) is 12.6. The van der Waals surface area contributed by atoms with Crippen LogP contribution in [0.4, 0.5) is 5.69 Å². The number of anilines is 1. The number of para-hydroxylation sites is 1. The predicted octanol–water partition coefficient (Wildman–Crippen LogP) is 3.43. The number of amides is 1. The van der Waals surface area contributed by atoms with Gasteiger partial charge in [-0.05, 0) is 30.5 Å². The second-order valence-electron chi connectivity index (χ2n) is 7.05. The minimum atomic E-state index is -1.70. The van der Waals surface area contributed by atoms with Crippen LogP contribution in [-0.4, -0.2) is 24.4 Å². The summed E-state index contributed by atoms with van der Waals surface area (Å²) in [5.41, 5.74) is 0.201. The second-order valence-corrected chi connectivity index (χ2v) is 7.05. The van der Waals surface area contributed by atoms with Crippen molar-refractivity contribution in [3.05, 3.63) is 53.6 Å². The van der Waals surface area contributed by atoms with Gasteiger partial charge in [0.25, 0.3) is 5.91 Å². The quantitative estimate of drug-likeness (QED) is 0.895. The van der Waals surface area contributed by atoms with Gasteiger partial charge in [0.1, 0.15) is 0 Å². The molecule has 5 nitrogen and oxygen atoms in total. The van der Waals surface area contributed by atoms with Gasteiger partial charge in [0, 0.05) is 17.7 Å². The van der Waals surface area contributed by atoms with Crippen molar-refractivity contribution in [2.75, 3.05) is 18.2 Å². The first kappa shape index (κ1) is 16.9. The Kier molecular flexibility index (Phi) is 4.11. The van der Waals surface area contributed by atoms with Crippen molar-refractivity contribution < 1.29 is 19.4 Å². The molecule has 2 atom stereocenters. The molecule has 2 heterocycles. The Morgan fingerprint density at radius 3 is 2.77 bits per heavy atom. The van der Waals surface area contributed by atoms with Gasteiger partial charge < -0.3 is 19.5 Å². The molecule has 136 valence electrons. The summed E-state index contributed by atoms with van der Waals surface area (Å²) in [6.07, 6.45) is 1.96. The van der Waals surface area contributed by atoms with Crippen LogP contribution >= 0.6 is 0 Å². The monoisotopic (exact) mass is 353 g/mol. The van der Waals surface area contributed by atoms with Crippen LogP contribution in [0.15, 0.2) is 42.5 Å². The molecule has 2 aromatic rings. The average Bonchev–Trinajstić information content (AvgIpc) is 3.22. The molecule has 1 N–H and O–H groups in total. The molecule has 0 bridgehead atoms. The van der Waals surface area contributed by atoms with E-state index < -0.39 is 5.60 Å². The number of benzene rings is 2. The summed E-state index contributed by atoms with van der Waals surface area (Å²) in [5.74, 6) is 1.40. The van der Waals surface area contributed by atoms with Crippen molar-refractivity contribution in [2.45, 2.75) is 32.3 Å². The van der Waals surface area contributed by atoms with Crippen molar-refractivity contribution in [3.8, 4) is 11.5 Å². The van der Waals surface area contributed by atoms with Gasteiger partial charge in [-0.25, -0.2) is 0 Å². The predicted molar refractivity (Wildman–Crippen MR) is 98.4 cm³/mol. The van der Waals surface area contributed by atoms with Crippen LogP contribution in [0.3, 0.4) is 0 Å². The van der Waals surface area contributed by atoms with Gasteiger partial charge >= 0.3 is 0 Å². The minimum absolute atomic E-state index is 0.156. The van der Waals surface area contributed by atoms with E-state index in [0.29, 0.717) is 35.1 Å². The highest BCUT2D eigenvalue weighted by Crippen LogP contribution is 2.46. The van der Waals surface area contributed by atoms with Gasteiger partial charge in [0.15, 0.2) is 17.1 Å². The van der Waals surface area contributed by atoms with E-state index in [2.05, 4.69) is 13.8 Å². The van der Waals surface area contributed by atoms with Crippen molar-refractivity contribution >= 4 is 11.6 Å². The fourth-order valence-electron chi connectivity index (χ4n) is 3.61. The van der Waals surface area contributed by atoms with E-state index in [-0.39, 0.29) is 12.7 Å². The number of rotatable bonds is 5.